The number of rotatable bonds is 15. The summed E-state index contributed by atoms with van der Waals surface area (Å²) in [7, 11) is 0.980. The number of imidazole rings is 1. The molecule has 0 spiro atoms. The lowest BCUT2D eigenvalue weighted by Crippen LogP contribution is -2.46. The van der Waals surface area contributed by atoms with Gasteiger partial charge in [0.05, 0.1) is 32.8 Å². The summed E-state index contributed by atoms with van der Waals surface area (Å²) in [4.78, 5) is 13.3. The molecule has 0 amide bonds. The number of nitrogens with zero attached hydrogens (tertiary/aromatic N) is 4. The highest BCUT2D eigenvalue weighted by Gasteiger charge is 2.46. The molecule has 10 heteroatoms. The number of nitrogen functional groups attached to an aromatic ring is 1. The molecule has 1 atom stereocenters. The van der Waals surface area contributed by atoms with E-state index < -0.39 is 15.6 Å². The molecule has 0 radical (unpaired) electrons. The Labute approximate surface area is 257 Å². The summed E-state index contributed by atoms with van der Waals surface area (Å²) in [5, 5.41) is 0. The van der Waals surface area contributed by atoms with Gasteiger partial charge in [0, 0.05) is 19.4 Å². The molecule has 0 aliphatic heterocycles. The molecule has 2 aromatic carbocycles. The van der Waals surface area contributed by atoms with Gasteiger partial charge in [-0.15, -0.1) is 0 Å². The quantitative estimate of drug-likeness (QED) is 0.188. The van der Waals surface area contributed by atoms with Crippen LogP contribution < -0.4 is 10.5 Å². The topological polar surface area (TPSA) is 107 Å². The third-order valence-electron chi connectivity index (χ3n) is 7.32. The van der Waals surface area contributed by atoms with E-state index in [0.29, 0.717) is 50.0 Å². The first kappa shape index (κ1) is 32.7. The molecule has 4 rings (SSSR count). The van der Waals surface area contributed by atoms with Gasteiger partial charge in [-0.2, -0.15) is 9.97 Å². The number of hydrogen-bond donors (Lipinski definition) is 1. The van der Waals surface area contributed by atoms with Crippen LogP contribution in [0.1, 0.15) is 31.9 Å². The minimum absolute atomic E-state index is 0.152. The Bertz CT molecular complexity index is 1400. The van der Waals surface area contributed by atoms with Crippen molar-refractivity contribution in [2.45, 2.75) is 39.0 Å². The molecular weight excluding hydrogens is 562 g/mol. The molecule has 1 unspecified atom stereocenters. The molecule has 0 aliphatic rings. The zero-order chi connectivity index (χ0) is 31.1. The second kappa shape index (κ2) is 14.1. The molecule has 43 heavy (non-hydrogen) atoms. The summed E-state index contributed by atoms with van der Waals surface area (Å²) in [6.45, 7) is 8.81. The van der Waals surface area contributed by atoms with E-state index in [-0.39, 0.29) is 17.5 Å². The third-order valence-corrected chi connectivity index (χ3v) is 8.72. The number of hydrogen-bond acceptors (Lipinski definition) is 8. The van der Waals surface area contributed by atoms with E-state index in [9.17, 15) is 0 Å². The summed E-state index contributed by atoms with van der Waals surface area (Å²) < 4.78 is 26.7. The van der Waals surface area contributed by atoms with Crippen LogP contribution in [-0.4, -0.2) is 83.7 Å². The standard InChI is InChI=1S/C33H47N5O4S/c1-32(2,3)33(25-14-10-8-11-15-25,26-16-12-9-13-17-26)42-23-27(22-39-4)40-19-18-38-24-35-28-29(38)36-31(34)37-30(28)41-20-21-43(5,6)7/h8-17,24,27H,18-23H2,1-7H3,(H2,34,36,37). The molecule has 234 valence electrons. The summed E-state index contributed by atoms with van der Waals surface area (Å²) in [6, 6.07) is 20.8. The van der Waals surface area contributed by atoms with Gasteiger partial charge in [0.25, 0.3) is 0 Å². The molecular formula is C33H47N5O4S. The number of ether oxygens (including phenoxy) is 4. The second-order valence-corrected chi connectivity index (χ2v) is 17.2. The predicted octanol–water partition coefficient (Wildman–Crippen LogP) is 5.52. The second-order valence-electron chi connectivity index (χ2n) is 12.6. The number of methoxy groups -OCH3 is 1. The van der Waals surface area contributed by atoms with Crippen LogP contribution in [0.5, 0.6) is 5.88 Å². The Morgan fingerprint density at radius 3 is 2.07 bits per heavy atom. The van der Waals surface area contributed by atoms with Gasteiger partial charge in [0.1, 0.15) is 11.7 Å². The molecule has 9 nitrogen and oxygen atoms in total. The van der Waals surface area contributed by atoms with Gasteiger partial charge in [-0.1, -0.05) is 81.4 Å². The maximum absolute atomic E-state index is 6.96. The normalized spacial score (nSPS) is 13.7. The summed E-state index contributed by atoms with van der Waals surface area (Å²) in [5.74, 6) is 1.53. The van der Waals surface area contributed by atoms with Gasteiger partial charge in [-0.25, -0.2) is 15.0 Å². The predicted molar refractivity (Wildman–Crippen MR) is 176 cm³/mol. The maximum Gasteiger partial charge on any atom is 0.247 e. The molecule has 0 saturated heterocycles. The third kappa shape index (κ3) is 8.06. The minimum atomic E-state index is -0.704. The van der Waals surface area contributed by atoms with Crippen LogP contribution in [0.4, 0.5) is 5.95 Å². The van der Waals surface area contributed by atoms with Crippen LogP contribution in [0.3, 0.4) is 0 Å². The minimum Gasteiger partial charge on any atom is -0.475 e. The van der Waals surface area contributed by atoms with E-state index in [1.807, 2.05) is 16.7 Å². The summed E-state index contributed by atoms with van der Waals surface area (Å²) in [5.41, 5.74) is 8.46. The van der Waals surface area contributed by atoms with E-state index in [1.165, 1.54) is 0 Å². The van der Waals surface area contributed by atoms with Crippen molar-refractivity contribution >= 4 is 27.1 Å². The van der Waals surface area contributed by atoms with Gasteiger partial charge >= 0.3 is 0 Å². The van der Waals surface area contributed by atoms with E-state index in [0.717, 1.165) is 16.9 Å². The highest BCUT2D eigenvalue weighted by molar-refractivity contribution is 8.32. The first-order chi connectivity index (χ1) is 20.4. The van der Waals surface area contributed by atoms with Crippen LogP contribution in [0.2, 0.25) is 0 Å². The van der Waals surface area contributed by atoms with Crippen LogP contribution >= 0.6 is 10.0 Å². The molecule has 2 heterocycles. The Morgan fingerprint density at radius 2 is 1.51 bits per heavy atom. The first-order valence-corrected chi connectivity index (χ1v) is 17.6. The summed E-state index contributed by atoms with van der Waals surface area (Å²) in [6.07, 6.45) is 8.18. The van der Waals surface area contributed by atoms with Crippen molar-refractivity contribution in [3.05, 3.63) is 78.1 Å². The van der Waals surface area contributed by atoms with E-state index >= 15 is 0 Å². The fraction of sp³-hybridized carbons (Fsp3) is 0.485. The molecule has 2 N–H and O–H groups in total. The number of benzene rings is 2. The molecule has 0 aliphatic carbocycles. The lowest BCUT2D eigenvalue weighted by molar-refractivity contribution is -0.138. The summed E-state index contributed by atoms with van der Waals surface area (Å²) >= 11 is 0. The van der Waals surface area contributed by atoms with Crippen LogP contribution in [-0.2, 0) is 26.4 Å². The fourth-order valence-electron chi connectivity index (χ4n) is 5.21. The Hall–Kier alpha value is -3.18. The number of fused-ring (bicyclic) bond motifs is 1. The highest BCUT2D eigenvalue weighted by atomic mass is 32.3. The van der Waals surface area contributed by atoms with Crippen molar-refractivity contribution in [2.75, 3.05) is 63.8 Å². The first-order valence-electron chi connectivity index (χ1n) is 14.6. The SMILES string of the molecule is COCC(COC(c1ccccc1)(c1ccccc1)C(C)(C)C)OCCn1cnc2c(OCCS(C)(C)C)nc(N)nc21. The molecule has 0 bridgehead atoms. The molecule has 2 aromatic heterocycles. The average Bonchev–Trinajstić information content (AvgIpc) is 3.35. The number of aromatic nitrogens is 4. The molecule has 4 aromatic rings. The average molecular weight is 610 g/mol. The van der Waals surface area contributed by atoms with Crippen molar-refractivity contribution in [3.63, 3.8) is 0 Å². The zero-order valence-corrected chi connectivity index (χ0v) is 27.4. The van der Waals surface area contributed by atoms with Gasteiger partial charge in [-0.3, -0.25) is 0 Å². The monoisotopic (exact) mass is 609 g/mol. The zero-order valence-electron chi connectivity index (χ0n) is 26.6. The van der Waals surface area contributed by atoms with Crippen LogP contribution in [0, 0.1) is 5.41 Å². The Balaban J connectivity index is 1.49. The van der Waals surface area contributed by atoms with Gasteiger partial charge in [-0.05, 0) is 35.3 Å². The van der Waals surface area contributed by atoms with Crippen LogP contribution in [0.15, 0.2) is 67.0 Å². The largest absolute Gasteiger partial charge is 0.475 e. The maximum atomic E-state index is 6.96. The molecule has 0 saturated carbocycles. The van der Waals surface area contributed by atoms with Crippen molar-refractivity contribution in [1.29, 1.82) is 0 Å². The van der Waals surface area contributed by atoms with Crippen molar-refractivity contribution in [2.24, 2.45) is 5.41 Å². The lowest BCUT2D eigenvalue weighted by Gasteiger charge is -2.46. The van der Waals surface area contributed by atoms with Crippen LogP contribution in [0.25, 0.3) is 11.2 Å². The smallest absolute Gasteiger partial charge is 0.247 e. The van der Waals surface area contributed by atoms with E-state index in [1.54, 1.807) is 13.4 Å². The lowest BCUT2D eigenvalue weighted by atomic mass is 9.68. The molecule has 0 fully saturated rings. The number of anilines is 1. The van der Waals surface area contributed by atoms with Crippen molar-refractivity contribution in [3.8, 4) is 5.88 Å². The van der Waals surface area contributed by atoms with Crippen molar-refractivity contribution in [1.82, 2.24) is 19.5 Å². The van der Waals surface area contributed by atoms with Crippen molar-refractivity contribution < 1.29 is 18.9 Å². The Kier molecular flexibility index (Phi) is 10.7. The number of nitrogens with two attached hydrogens (primary N) is 1. The van der Waals surface area contributed by atoms with Gasteiger partial charge < -0.3 is 29.2 Å². The van der Waals surface area contributed by atoms with Gasteiger partial charge in [0.15, 0.2) is 11.2 Å². The highest BCUT2D eigenvalue weighted by Crippen LogP contribution is 2.48. The fourth-order valence-corrected chi connectivity index (χ4v) is 5.80. The van der Waals surface area contributed by atoms with E-state index in [2.05, 4.69) is 103 Å². The van der Waals surface area contributed by atoms with E-state index in [4.69, 9.17) is 24.7 Å². The Morgan fingerprint density at radius 1 is 0.884 bits per heavy atom. The van der Waals surface area contributed by atoms with Gasteiger partial charge in [0.2, 0.25) is 11.8 Å².